The minimum absolute atomic E-state index is 0.235. The average Bonchev–Trinajstić information content (AvgIpc) is 2.15. The van der Waals surface area contributed by atoms with Crippen molar-refractivity contribution in [1.29, 1.82) is 0 Å². The molecule has 16 heavy (non-hydrogen) atoms. The lowest BCUT2D eigenvalue weighted by Crippen LogP contribution is -2.37. The van der Waals surface area contributed by atoms with Crippen molar-refractivity contribution in [3.63, 3.8) is 0 Å². The summed E-state index contributed by atoms with van der Waals surface area (Å²) in [6, 6.07) is 11.4. The minimum atomic E-state index is -1.78. The van der Waals surface area contributed by atoms with E-state index >= 15 is 0 Å². The molecule has 0 radical (unpaired) electrons. The van der Waals surface area contributed by atoms with Gasteiger partial charge in [-0.05, 0) is 45.5 Å². The summed E-state index contributed by atoms with van der Waals surface area (Å²) in [5.41, 5.74) is 1.08. The molecule has 1 aromatic rings. The normalized spacial score (nSPS) is 12.8. The van der Waals surface area contributed by atoms with Gasteiger partial charge in [0, 0.05) is 0 Å². The number of benzene rings is 1. The summed E-state index contributed by atoms with van der Waals surface area (Å²) in [6.07, 6.45) is 0. The topological polar surface area (TPSA) is 18.5 Å². The second-order valence-corrected chi connectivity index (χ2v) is 9.74. The fourth-order valence-electron chi connectivity index (χ4n) is 1.35. The SMILES string of the molecule is CC(C)(C)OO[Si](C)(C)Cc1ccccc1. The lowest BCUT2D eigenvalue weighted by molar-refractivity contribution is -0.285. The second kappa shape index (κ2) is 5.12. The van der Waals surface area contributed by atoms with Crippen LogP contribution in [0.15, 0.2) is 30.3 Å². The van der Waals surface area contributed by atoms with Gasteiger partial charge in [-0.25, -0.2) is 4.89 Å². The predicted molar refractivity (Wildman–Crippen MR) is 69.6 cm³/mol. The maximum absolute atomic E-state index is 5.64. The minimum Gasteiger partial charge on any atom is -0.286 e. The molecule has 0 fully saturated rings. The van der Waals surface area contributed by atoms with Crippen LogP contribution in [0.3, 0.4) is 0 Å². The molecule has 90 valence electrons. The van der Waals surface area contributed by atoms with Gasteiger partial charge in [0.25, 0.3) is 0 Å². The summed E-state index contributed by atoms with van der Waals surface area (Å²) >= 11 is 0. The van der Waals surface area contributed by atoms with E-state index in [4.69, 9.17) is 9.46 Å². The van der Waals surface area contributed by atoms with Gasteiger partial charge < -0.3 is 0 Å². The molecule has 0 unspecified atom stereocenters. The molecule has 1 aromatic carbocycles. The Morgan fingerprint density at radius 2 is 1.62 bits per heavy atom. The molecule has 0 bridgehead atoms. The summed E-state index contributed by atoms with van der Waals surface area (Å²) in [4.78, 5) is 5.43. The van der Waals surface area contributed by atoms with Gasteiger partial charge in [0.2, 0.25) is 8.32 Å². The monoisotopic (exact) mass is 238 g/mol. The molecule has 0 heterocycles. The molecule has 3 heteroatoms. The van der Waals surface area contributed by atoms with Gasteiger partial charge in [-0.2, -0.15) is 0 Å². The molecule has 0 spiro atoms. The molecule has 0 saturated heterocycles. The van der Waals surface area contributed by atoms with Crippen LogP contribution in [0, 0.1) is 0 Å². The van der Waals surface area contributed by atoms with Gasteiger partial charge in [0.15, 0.2) is 0 Å². The second-order valence-electron chi connectivity index (χ2n) is 5.70. The Kier molecular flexibility index (Phi) is 4.30. The highest BCUT2D eigenvalue weighted by atomic mass is 28.4. The molecule has 0 atom stereocenters. The lowest BCUT2D eigenvalue weighted by Gasteiger charge is -2.27. The lowest BCUT2D eigenvalue weighted by atomic mass is 10.2. The summed E-state index contributed by atoms with van der Waals surface area (Å²) in [7, 11) is -1.78. The van der Waals surface area contributed by atoms with Crippen molar-refractivity contribution < 1.29 is 9.46 Å². The van der Waals surface area contributed by atoms with Gasteiger partial charge in [-0.1, -0.05) is 30.3 Å². The third-order valence-electron chi connectivity index (χ3n) is 1.99. The van der Waals surface area contributed by atoms with Gasteiger partial charge in [-0.3, -0.25) is 4.58 Å². The fraction of sp³-hybridized carbons (Fsp3) is 0.538. The van der Waals surface area contributed by atoms with Crippen molar-refractivity contribution in [3.8, 4) is 0 Å². The fourth-order valence-corrected chi connectivity index (χ4v) is 3.11. The molecule has 0 saturated carbocycles. The van der Waals surface area contributed by atoms with Crippen LogP contribution >= 0.6 is 0 Å². The van der Waals surface area contributed by atoms with Crippen LogP contribution in [-0.4, -0.2) is 13.9 Å². The first kappa shape index (κ1) is 13.4. The summed E-state index contributed by atoms with van der Waals surface area (Å²) in [6.45, 7) is 10.3. The maximum Gasteiger partial charge on any atom is 0.237 e. The quantitative estimate of drug-likeness (QED) is 0.452. The number of rotatable bonds is 4. The first-order chi connectivity index (χ1) is 7.29. The Morgan fingerprint density at radius 1 is 1.06 bits per heavy atom. The van der Waals surface area contributed by atoms with Gasteiger partial charge in [0.05, 0.1) is 5.60 Å². The summed E-state index contributed by atoms with van der Waals surface area (Å²) in [5, 5.41) is 0. The van der Waals surface area contributed by atoms with Crippen LogP contribution in [0.4, 0.5) is 0 Å². The Bertz CT molecular complexity index is 314. The average molecular weight is 238 g/mol. The first-order valence-electron chi connectivity index (χ1n) is 5.69. The molecule has 2 nitrogen and oxygen atoms in total. The van der Waals surface area contributed by atoms with Crippen LogP contribution in [-0.2, 0) is 15.5 Å². The number of hydrogen-bond acceptors (Lipinski definition) is 2. The molecule has 0 N–H and O–H groups in total. The van der Waals surface area contributed by atoms with E-state index in [9.17, 15) is 0 Å². The standard InChI is InChI=1S/C13H22O2Si/c1-13(2,3)14-15-16(4,5)11-12-9-7-6-8-10-12/h6-10H,11H2,1-5H3. The van der Waals surface area contributed by atoms with E-state index < -0.39 is 8.32 Å². The van der Waals surface area contributed by atoms with Crippen molar-refractivity contribution in [2.24, 2.45) is 0 Å². The predicted octanol–water partition coefficient (Wildman–Crippen LogP) is 3.72. The smallest absolute Gasteiger partial charge is 0.237 e. The molecule has 1 rings (SSSR count). The Labute approximate surface area is 99.6 Å². The molecule has 0 aliphatic rings. The van der Waals surface area contributed by atoms with Gasteiger partial charge in [0.1, 0.15) is 0 Å². The third kappa shape index (κ3) is 5.44. The molecule has 0 aromatic heterocycles. The van der Waals surface area contributed by atoms with E-state index in [0.29, 0.717) is 0 Å². The van der Waals surface area contributed by atoms with Crippen molar-refractivity contribution in [1.82, 2.24) is 0 Å². The van der Waals surface area contributed by atoms with Crippen LogP contribution < -0.4 is 0 Å². The van der Waals surface area contributed by atoms with E-state index in [2.05, 4.69) is 37.4 Å². The van der Waals surface area contributed by atoms with Crippen LogP contribution in [0.2, 0.25) is 13.1 Å². The van der Waals surface area contributed by atoms with Crippen molar-refractivity contribution in [3.05, 3.63) is 35.9 Å². The zero-order valence-corrected chi connectivity index (χ0v) is 11.9. The van der Waals surface area contributed by atoms with E-state index in [0.717, 1.165) is 6.04 Å². The molecule has 0 aliphatic heterocycles. The van der Waals surface area contributed by atoms with Crippen molar-refractivity contribution >= 4 is 8.32 Å². The Hall–Kier alpha value is -0.643. The number of hydrogen-bond donors (Lipinski definition) is 0. The van der Waals surface area contributed by atoms with Crippen molar-refractivity contribution in [2.75, 3.05) is 0 Å². The highest BCUT2D eigenvalue weighted by Gasteiger charge is 2.27. The third-order valence-corrected chi connectivity index (χ3v) is 3.78. The first-order valence-corrected chi connectivity index (χ1v) is 8.81. The van der Waals surface area contributed by atoms with Gasteiger partial charge in [-0.15, -0.1) is 0 Å². The van der Waals surface area contributed by atoms with Crippen LogP contribution in [0.25, 0.3) is 0 Å². The highest BCUT2D eigenvalue weighted by Crippen LogP contribution is 2.17. The maximum atomic E-state index is 5.64. The van der Waals surface area contributed by atoms with E-state index in [1.54, 1.807) is 0 Å². The van der Waals surface area contributed by atoms with E-state index in [-0.39, 0.29) is 5.60 Å². The largest absolute Gasteiger partial charge is 0.286 e. The molecular weight excluding hydrogens is 216 g/mol. The van der Waals surface area contributed by atoms with Crippen LogP contribution in [0.1, 0.15) is 26.3 Å². The van der Waals surface area contributed by atoms with Crippen LogP contribution in [0.5, 0.6) is 0 Å². The zero-order valence-electron chi connectivity index (χ0n) is 10.9. The summed E-state index contributed by atoms with van der Waals surface area (Å²) in [5.74, 6) is 0. The Balaban J connectivity index is 2.52. The van der Waals surface area contributed by atoms with E-state index in [1.165, 1.54) is 5.56 Å². The molecule has 0 amide bonds. The zero-order chi connectivity index (χ0) is 12.2. The molecule has 0 aliphatic carbocycles. The highest BCUT2D eigenvalue weighted by molar-refractivity contribution is 6.70. The Morgan fingerprint density at radius 3 is 2.12 bits per heavy atom. The van der Waals surface area contributed by atoms with Crippen molar-refractivity contribution in [2.45, 2.75) is 45.5 Å². The molecular formula is C13H22O2Si. The van der Waals surface area contributed by atoms with Gasteiger partial charge >= 0.3 is 0 Å². The summed E-state index contributed by atoms with van der Waals surface area (Å²) < 4.78 is 5.64. The van der Waals surface area contributed by atoms with E-state index in [1.807, 2.05) is 26.8 Å².